The maximum atomic E-state index is 11.9. The monoisotopic (exact) mass is 318 g/mol. The lowest BCUT2D eigenvalue weighted by Crippen LogP contribution is -2.40. The van der Waals surface area contributed by atoms with E-state index in [1.165, 1.54) is 0 Å². The van der Waals surface area contributed by atoms with Crippen molar-refractivity contribution >= 4 is 27.5 Å². The number of rotatable bonds is 4. The summed E-state index contributed by atoms with van der Waals surface area (Å²) in [6, 6.07) is 17.5. The van der Waals surface area contributed by atoms with Gasteiger partial charge in [0.2, 0.25) is 5.91 Å². The molecule has 0 heterocycles. The molecule has 1 amide bonds. The van der Waals surface area contributed by atoms with Crippen molar-refractivity contribution in [3.05, 3.63) is 64.6 Å². The van der Waals surface area contributed by atoms with E-state index in [2.05, 4.69) is 21.4 Å². The number of anilines is 1. The summed E-state index contributed by atoms with van der Waals surface area (Å²) in [6.07, 6.45) is 0.366. The Balaban J connectivity index is 1.93. The van der Waals surface area contributed by atoms with E-state index in [9.17, 15) is 4.79 Å². The molecular weight excluding hydrogens is 304 g/mol. The second kappa shape index (κ2) is 6.38. The highest BCUT2D eigenvalue weighted by Crippen LogP contribution is 2.11. The maximum absolute atomic E-state index is 11.9. The van der Waals surface area contributed by atoms with Gasteiger partial charge in [0.05, 0.1) is 12.1 Å². The number of para-hydroxylation sites is 1. The van der Waals surface area contributed by atoms with E-state index in [4.69, 9.17) is 0 Å². The third kappa shape index (κ3) is 4.10. The van der Waals surface area contributed by atoms with Gasteiger partial charge in [0.15, 0.2) is 0 Å². The molecule has 0 bridgehead atoms. The standard InChI is InChI=1S/C15H15BrN2O/c1-18(14-5-3-2-4-6-14)17-15(19)11-12-7-9-13(16)10-8-12/h2-10H,11H2,1H3,(H,17,19). The van der Waals surface area contributed by atoms with Crippen molar-refractivity contribution in [2.45, 2.75) is 6.42 Å². The van der Waals surface area contributed by atoms with E-state index in [1.54, 1.807) is 5.01 Å². The molecule has 19 heavy (non-hydrogen) atoms. The highest BCUT2D eigenvalue weighted by molar-refractivity contribution is 9.10. The van der Waals surface area contributed by atoms with Crippen LogP contribution >= 0.6 is 15.9 Å². The van der Waals surface area contributed by atoms with E-state index in [-0.39, 0.29) is 5.91 Å². The van der Waals surface area contributed by atoms with Crippen LogP contribution in [0.4, 0.5) is 5.69 Å². The fourth-order valence-electron chi connectivity index (χ4n) is 1.73. The molecule has 2 aromatic rings. The number of benzene rings is 2. The number of hydrazine groups is 1. The summed E-state index contributed by atoms with van der Waals surface area (Å²) in [5.74, 6) is -0.0336. The van der Waals surface area contributed by atoms with Gasteiger partial charge in [-0.05, 0) is 29.8 Å². The van der Waals surface area contributed by atoms with Crippen LogP contribution in [-0.4, -0.2) is 13.0 Å². The summed E-state index contributed by atoms with van der Waals surface area (Å²) in [7, 11) is 1.83. The quantitative estimate of drug-likeness (QED) is 0.878. The summed E-state index contributed by atoms with van der Waals surface area (Å²) in [4.78, 5) is 11.9. The third-order valence-corrected chi connectivity index (χ3v) is 3.24. The molecule has 0 spiro atoms. The lowest BCUT2D eigenvalue weighted by molar-refractivity contribution is -0.120. The van der Waals surface area contributed by atoms with Gasteiger partial charge in [0, 0.05) is 11.5 Å². The zero-order valence-electron chi connectivity index (χ0n) is 10.6. The van der Waals surface area contributed by atoms with Crippen LogP contribution in [-0.2, 0) is 11.2 Å². The molecule has 2 aromatic carbocycles. The molecule has 0 aliphatic heterocycles. The van der Waals surface area contributed by atoms with Gasteiger partial charge < -0.3 is 0 Å². The van der Waals surface area contributed by atoms with Crippen LogP contribution in [0, 0.1) is 0 Å². The first-order valence-electron chi connectivity index (χ1n) is 5.98. The van der Waals surface area contributed by atoms with Crippen LogP contribution in [0.15, 0.2) is 59.1 Å². The van der Waals surface area contributed by atoms with E-state index in [0.29, 0.717) is 6.42 Å². The molecule has 0 fully saturated rings. The highest BCUT2D eigenvalue weighted by atomic mass is 79.9. The smallest absolute Gasteiger partial charge is 0.242 e. The minimum absolute atomic E-state index is 0.0336. The number of hydrogen-bond acceptors (Lipinski definition) is 2. The molecule has 0 aliphatic carbocycles. The molecule has 98 valence electrons. The molecule has 0 radical (unpaired) electrons. The van der Waals surface area contributed by atoms with Crippen molar-refractivity contribution in [1.29, 1.82) is 0 Å². The molecule has 0 aliphatic rings. The lowest BCUT2D eigenvalue weighted by atomic mass is 10.1. The Bertz CT molecular complexity index is 540. The average molecular weight is 319 g/mol. The Kier molecular flexibility index (Phi) is 4.58. The SMILES string of the molecule is CN(NC(=O)Cc1ccc(Br)cc1)c1ccccc1. The Labute approximate surface area is 121 Å². The largest absolute Gasteiger partial charge is 0.289 e. The van der Waals surface area contributed by atoms with Crippen LogP contribution in [0.2, 0.25) is 0 Å². The third-order valence-electron chi connectivity index (χ3n) is 2.71. The lowest BCUT2D eigenvalue weighted by Gasteiger charge is -2.20. The molecule has 2 rings (SSSR count). The van der Waals surface area contributed by atoms with Crippen molar-refractivity contribution in [2.75, 3.05) is 12.1 Å². The fraction of sp³-hybridized carbons (Fsp3) is 0.133. The molecule has 0 unspecified atom stereocenters. The summed E-state index contributed by atoms with van der Waals surface area (Å²) >= 11 is 3.37. The van der Waals surface area contributed by atoms with Gasteiger partial charge in [-0.25, -0.2) is 0 Å². The summed E-state index contributed by atoms with van der Waals surface area (Å²) < 4.78 is 1.01. The molecule has 4 heteroatoms. The maximum Gasteiger partial charge on any atom is 0.242 e. The summed E-state index contributed by atoms with van der Waals surface area (Å²) in [5.41, 5.74) is 4.78. The van der Waals surface area contributed by atoms with Gasteiger partial charge in [0.25, 0.3) is 0 Å². The van der Waals surface area contributed by atoms with Gasteiger partial charge in [-0.1, -0.05) is 46.3 Å². The number of carbonyl (C=O) groups excluding carboxylic acids is 1. The van der Waals surface area contributed by atoms with E-state index >= 15 is 0 Å². The Morgan fingerprint density at radius 2 is 1.74 bits per heavy atom. The van der Waals surface area contributed by atoms with E-state index < -0.39 is 0 Å². The van der Waals surface area contributed by atoms with Crippen LogP contribution in [0.3, 0.4) is 0 Å². The molecule has 0 saturated carbocycles. The van der Waals surface area contributed by atoms with Gasteiger partial charge in [-0.15, -0.1) is 0 Å². The van der Waals surface area contributed by atoms with Gasteiger partial charge in [0.1, 0.15) is 0 Å². The zero-order chi connectivity index (χ0) is 13.7. The Hall–Kier alpha value is -1.81. The molecule has 3 nitrogen and oxygen atoms in total. The van der Waals surface area contributed by atoms with Crippen LogP contribution in [0.25, 0.3) is 0 Å². The first-order chi connectivity index (χ1) is 9.15. The second-order valence-corrected chi connectivity index (χ2v) is 5.15. The number of carbonyl (C=O) groups is 1. The normalized spacial score (nSPS) is 10.0. The Morgan fingerprint density at radius 1 is 1.11 bits per heavy atom. The second-order valence-electron chi connectivity index (χ2n) is 4.23. The predicted octanol–water partition coefficient (Wildman–Crippen LogP) is 3.16. The minimum Gasteiger partial charge on any atom is -0.289 e. The zero-order valence-corrected chi connectivity index (χ0v) is 12.2. The first kappa shape index (κ1) is 13.6. The van der Waals surface area contributed by atoms with Crippen molar-refractivity contribution in [3.63, 3.8) is 0 Å². The molecular formula is C15H15BrN2O. The summed E-state index contributed by atoms with van der Waals surface area (Å²) in [5, 5.41) is 1.72. The van der Waals surface area contributed by atoms with Gasteiger partial charge in [-0.2, -0.15) is 0 Å². The summed E-state index contributed by atoms with van der Waals surface area (Å²) in [6.45, 7) is 0. The van der Waals surface area contributed by atoms with Crippen LogP contribution in [0.5, 0.6) is 0 Å². The fourth-order valence-corrected chi connectivity index (χ4v) is 1.99. The van der Waals surface area contributed by atoms with Gasteiger partial charge >= 0.3 is 0 Å². The van der Waals surface area contributed by atoms with Crippen LogP contribution < -0.4 is 10.4 Å². The topological polar surface area (TPSA) is 32.3 Å². The van der Waals surface area contributed by atoms with Crippen molar-refractivity contribution in [3.8, 4) is 0 Å². The van der Waals surface area contributed by atoms with Crippen molar-refractivity contribution in [1.82, 2.24) is 5.43 Å². The minimum atomic E-state index is -0.0336. The highest BCUT2D eigenvalue weighted by Gasteiger charge is 2.06. The van der Waals surface area contributed by atoms with E-state index in [0.717, 1.165) is 15.7 Å². The number of amides is 1. The number of hydrogen-bond donors (Lipinski definition) is 1. The van der Waals surface area contributed by atoms with Crippen molar-refractivity contribution in [2.24, 2.45) is 0 Å². The van der Waals surface area contributed by atoms with Crippen LogP contribution in [0.1, 0.15) is 5.56 Å². The molecule has 0 aromatic heterocycles. The first-order valence-corrected chi connectivity index (χ1v) is 6.77. The molecule has 0 atom stereocenters. The number of nitrogens with one attached hydrogen (secondary N) is 1. The number of nitrogens with zero attached hydrogens (tertiary/aromatic N) is 1. The number of halogens is 1. The average Bonchev–Trinajstić information content (AvgIpc) is 2.42. The molecule has 0 saturated heterocycles. The van der Waals surface area contributed by atoms with Gasteiger partial charge in [-0.3, -0.25) is 15.2 Å². The van der Waals surface area contributed by atoms with E-state index in [1.807, 2.05) is 61.6 Å². The Morgan fingerprint density at radius 3 is 2.37 bits per heavy atom. The van der Waals surface area contributed by atoms with Crippen molar-refractivity contribution < 1.29 is 4.79 Å². The molecule has 1 N–H and O–H groups in total. The predicted molar refractivity (Wildman–Crippen MR) is 80.8 cm³/mol.